The minimum atomic E-state index is -0.0772. The van der Waals surface area contributed by atoms with Crippen molar-refractivity contribution >= 4 is 5.91 Å². The van der Waals surface area contributed by atoms with Gasteiger partial charge in [-0.1, -0.05) is 18.2 Å². The molecule has 3 rings (SSSR count). The zero-order chi connectivity index (χ0) is 15.4. The molecule has 2 aromatic rings. The van der Waals surface area contributed by atoms with Crippen molar-refractivity contribution in [2.45, 2.75) is 25.9 Å². The van der Waals surface area contributed by atoms with Crippen LogP contribution in [0.1, 0.15) is 30.3 Å². The molecule has 1 aromatic heterocycles. The monoisotopic (exact) mass is 300 g/mol. The van der Waals surface area contributed by atoms with Crippen LogP contribution < -0.4 is 0 Å². The number of carbonyl (C=O) groups excluding carboxylic acids is 1. The van der Waals surface area contributed by atoms with E-state index in [0.717, 1.165) is 25.1 Å². The van der Waals surface area contributed by atoms with E-state index in [0.29, 0.717) is 18.8 Å². The summed E-state index contributed by atoms with van der Waals surface area (Å²) in [7, 11) is 0. The highest BCUT2D eigenvalue weighted by atomic mass is 16.5. The normalized spacial score (nSPS) is 18.4. The van der Waals surface area contributed by atoms with E-state index in [9.17, 15) is 4.79 Å². The number of para-hydroxylation sites is 1. The lowest BCUT2D eigenvalue weighted by Gasteiger charge is -2.31. The Morgan fingerprint density at radius 3 is 2.95 bits per heavy atom. The molecule has 0 saturated carbocycles. The van der Waals surface area contributed by atoms with Gasteiger partial charge < -0.3 is 9.64 Å². The summed E-state index contributed by atoms with van der Waals surface area (Å²) >= 11 is 0. The maximum Gasteiger partial charge on any atom is 0.276 e. The number of benzene rings is 1. The van der Waals surface area contributed by atoms with Gasteiger partial charge in [0.1, 0.15) is 0 Å². The van der Waals surface area contributed by atoms with Crippen LogP contribution in [-0.4, -0.2) is 51.6 Å². The standard InChI is InChI=1S/C16H20N4O2/c1-2-22-14-9-6-10-19(12-14)16(21)15-11-17-20(18-15)13-7-4-3-5-8-13/h3-5,7-8,11,14H,2,6,9-10,12H2,1H3/t14-/m1/s1. The Balaban J connectivity index is 1.71. The average Bonchev–Trinajstić information content (AvgIpc) is 3.05. The number of ether oxygens (including phenoxy) is 1. The second kappa shape index (κ2) is 6.70. The summed E-state index contributed by atoms with van der Waals surface area (Å²) < 4.78 is 5.64. The molecule has 1 atom stereocenters. The van der Waals surface area contributed by atoms with E-state index in [1.54, 1.807) is 0 Å². The molecule has 22 heavy (non-hydrogen) atoms. The predicted octanol–water partition coefficient (Wildman–Crippen LogP) is 1.91. The van der Waals surface area contributed by atoms with E-state index in [-0.39, 0.29) is 12.0 Å². The summed E-state index contributed by atoms with van der Waals surface area (Å²) in [4.78, 5) is 15.8. The van der Waals surface area contributed by atoms with E-state index < -0.39 is 0 Å². The van der Waals surface area contributed by atoms with Gasteiger partial charge in [0.25, 0.3) is 5.91 Å². The fourth-order valence-electron chi connectivity index (χ4n) is 2.70. The number of carbonyl (C=O) groups is 1. The van der Waals surface area contributed by atoms with Crippen LogP contribution in [0.15, 0.2) is 36.5 Å². The molecule has 0 radical (unpaired) electrons. The summed E-state index contributed by atoms with van der Waals surface area (Å²) in [6.07, 6.45) is 3.63. The minimum Gasteiger partial charge on any atom is -0.377 e. The predicted molar refractivity (Wildman–Crippen MR) is 81.9 cm³/mol. The van der Waals surface area contributed by atoms with Crippen LogP contribution in [0.3, 0.4) is 0 Å². The molecular formula is C16H20N4O2. The minimum absolute atomic E-state index is 0.0772. The summed E-state index contributed by atoms with van der Waals surface area (Å²) in [6, 6.07) is 9.57. The molecular weight excluding hydrogens is 280 g/mol. The van der Waals surface area contributed by atoms with Crippen LogP contribution in [0, 0.1) is 0 Å². The zero-order valence-electron chi connectivity index (χ0n) is 12.7. The molecule has 0 N–H and O–H groups in total. The van der Waals surface area contributed by atoms with Crippen molar-refractivity contribution in [3.05, 3.63) is 42.2 Å². The molecule has 0 spiro atoms. The molecule has 6 heteroatoms. The molecule has 1 aliphatic rings. The lowest BCUT2D eigenvalue weighted by Crippen LogP contribution is -2.43. The van der Waals surface area contributed by atoms with Gasteiger partial charge in [-0.25, -0.2) is 0 Å². The van der Waals surface area contributed by atoms with Crippen LogP contribution in [0.2, 0.25) is 0 Å². The van der Waals surface area contributed by atoms with Crippen LogP contribution in [0.4, 0.5) is 0 Å². The van der Waals surface area contributed by atoms with Gasteiger partial charge in [0.05, 0.1) is 18.0 Å². The molecule has 1 aliphatic heterocycles. The third-order valence-corrected chi connectivity index (χ3v) is 3.77. The van der Waals surface area contributed by atoms with Gasteiger partial charge >= 0.3 is 0 Å². The molecule has 2 heterocycles. The Kier molecular flexibility index (Phi) is 4.48. The first kappa shape index (κ1) is 14.7. The lowest BCUT2D eigenvalue weighted by molar-refractivity contribution is 0.00702. The van der Waals surface area contributed by atoms with Crippen molar-refractivity contribution in [2.75, 3.05) is 19.7 Å². The second-order valence-electron chi connectivity index (χ2n) is 5.33. The van der Waals surface area contributed by atoms with Crippen molar-refractivity contribution in [3.8, 4) is 5.69 Å². The quantitative estimate of drug-likeness (QED) is 0.865. The SMILES string of the molecule is CCO[C@@H]1CCCN(C(=O)c2cnn(-c3ccccc3)n2)C1. The van der Waals surface area contributed by atoms with E-state index >= 15 is 0 Å². The Morgan fingerprint density at radius 1 is 1.36 bits per heavy atom. The molecule has 1 saturated heterocycles. The van der Waals surface area contributed by atoms with Crippen LogP contribution >= 0.6 is 0 Å². The molecule has 0 aliphatic carbocycles. The number of piperidine rings is 1. The van der Waals surface area contributed by atoms with Gasteiger partial charge in [-0.3, -0.25) is 4.79 Å². The Hall–Kier alpha value is -2.21. The molecule has 0 bridgehead atoms. The molecule has 1 fully saturated rings. The van der Waals surface area contributed by atoms with Gasteiger partial charge in [-0.15, -0.1) is 5.10 Å². The molecule has 116 valence electrons. The van der Waals surface area contributed by atoms with Crippen LogP contribution in [-0.2, 0) is 4.74 Å². The van der Waals surface area contributed by atoms with Gasteiger partial charge in [-0.2, -0.15) is 9.90 Å². The fraction of sp³-hybridized carbons (Fsp3) is 0.438. The number of amides is 1. The number of likely N-dealkylation sites (tertiary alicyclic amines) is 1. The van der Waals surface area contributed by atoms with E-state index in [2.05, 4.69) is 10.2 Å². The number of rotatable bonds is 4. The van der Waals surface area contributed by atoms with Crippen LogP contribution in [0.25, 0.3) is 5.69 Å². The van der Waals surface area contributed by atoms with E-state index in [1.807, 2.05) is 42.2 Å². The molecule has 0 unspecified atom stereocenters. The van der Waals surface area contributed by atoms with E-state index in [1.165, 1.54) is 11.0 Å². The number of nitrogens with zero attached hydrogens (tertiary/aromatic N) is 4. The third-order valence-electron chi connectivity index (χ3n) is 3.77. The van der Waals surface area contributed by atoms with Gasteiger partial charge in [0, 0.05) is 19.7 Å². The second-order valence-corrected chi connectivity index (χ2v) is 5.33. The van der Waals surface area contributed by atoms with Crippen molar-refractivity contribution < 1.29 is 9.53 Å². The number of hydrogen-bond donors (Lipinski definition) is 0. The Morgan fingerprint density at radius 2 is 2.18 bits per heavy atom. The van der Waals surface area contributed by atoms with Crippen molar-refractivity contribution in [1.29, 1.82) is 0 Å². The van der Waals surface area contributed by atoms with Gasteiger partial charge in [0.15, 0.2) is 5.69 Å². The average molecular weight is 300 g/mol. The first-order valence-electron chi connectivity index (χ1n) is 7.66. The highest BCUT2D eigenvalue weighted by molar-refractivity contribution is 5.92. The highest BCUT2D eigenvalue weighted by Gasteiger charge is 2.26. The number of hydrogen-bond acceptors (Lipinski definition) is 4. The Bertz CT molecular complexity index is 624. The lowest BCUT2D eigenvalue weighted by atomic mass is 10.1. The van der Waals surface area contributed by atoms with Gasteiger partial charge in [-0.05, 0) is 31.9 Å². The first-order valence-corrected chi connectivity index (χ1v) is 7.66. The fourth-order valence-corrected chi connectivity index (χ4v) is 2.70. The van der Waals surface area contributed by atoms with Gasteiger partial charge in [0.2, 0.25) is 0 Å². The van der Waals surface area contributed by atoms with Crippen molar-refractivity contribution in [3.63, 3.8) is 0 Å². The maximum atomic E-state index is 12.5. The third kappa shape index (κ3) is 3.17. The smallest absolute Gasteiger partial charge is 0.276 e. The maximum absolute atomic E-state index is 12.5. The Labute approximate surface area is 129 Å². The highest BCUT2D eigenvalue weighted by Crippen LogP contribution is 2.15. The van der Waals surface area contributed by atoms with Crippen molar-refractivity contribution in [2.24, 2.45) is 0 Å². The zero-order valence-corrected chi connectivity index (χ0v) is 12.7. The number of aromatic nitrogens is 3. The summed E-state index contributed by atoms with van der Waals surface area (Å²) in [5.41, 5.74) is 1.22. The molecule has 1 aromatic carbocycles. The van der Waals surface area contributed by atoms with Crippen LogP contribution in [0.5, 0.6) is 0 Å². The molecule has 6 nitrogen and oxygen atoms in total. The largest absolute Gasteiger partial charge is 0.377 e. The first-order chi connectivity index (χ1) is 10.8. The topological polar surface area (TPSA) is 60.2 Å². The summed E-state index contributed by atoms with van der Waals surface area (Å²) in [6.45, 7) is 4.04. The van der Waals surface area contributed by atoms with Crippen molar-refractivity contribution in [1.82, 2.24) is 19.9 Å². The summed E-state index contributed by atoms with van der Waals surface area (Å²) in [5.74, 6) is -0.0772. The summed E-state index contributed by atoms with van der Waals surface area (Å²) in [5, 5.41) is 8.48. The molecule has 1 amide bonds. The van der Waals surface area contributed by atoms with E-state index in [4.69, 9.17) is 4.74 Å².